The second-order valence-electron chi connectivity index (χ2n) is 6.46. The molecule has 0 N–H and O–H groups in total. The average Bonchev–Trinajstić information content (AvgIpc) is 2.92. The van der Waals surface area contributed by atoms with Crippen LogP contribution in [0.3, 0.4) is 0 Å². The first-order valence-electron chi connectivity index (χ1n) is 8.39. The minimum Gasteiger partial charge on any atom is -0.379 e. The molecule has 0 spiro atoms. The van der Waals surface area contributed by atoms with E-state index in [1.807, 2.05) is 23.3 Å². The number of rotatable bonds is 5. The Morgan fingerprint density at radius 1 is 1.24 bits per heavy atom. The fourth-order valence-corrected chi connectivity index (χ4v) is 3.08. The van der Waals surface area contributed by atoms with Gasteiger partial charge in [0.1, 0.15) is 5.82 Å². The van der Waals surface area contributed by atoms with Gasteiger partial charge in [-0.15, -0.1) is 0 Å². The van der Waals surface area contributed by atoms with Crippen molar-refractivity contribution in [2.75, 3.05) is 40.4 Å². The first kappa shape index (κ1) is 18.2. The van der Waals surface area contributed by atoms with E-state index in [-0.39, 0.29) is 11.9 Å². The summed E-state index contributed by atoms with van der Waals surface area (Å²) in [6.45, 7) is 5.90. The molecule has 1 aliphatic rings. The zero-order valence-electron chi connectivity index (χ0n) is 14.9. The van der Waals surface area contributed by atoms with Crippen molar-refractivity contribution in [1.29, 1.82) is 0 Å². The molecule has 2 aromatic rings. The van der Waals surface area contributed by atoms with Crippen LogP contribution >= 0.6 is 12.2 Å². The van der Waals surface area contributed by atoms with Crippen molar-refractivity contribution >= 4 is 12.2 Å². The lowest BCUT2D eigenvalue weighted by atomic mass is 10.2. The maximum atomic E-state index is 13.3. The second kappa shape index (κ2) is 7.74. The van der Waals surface area contributed by atoms with Crippen molar-refractivity contribution < 1.29 is 9.13 Å². The third-order valence-electron chi connectivity index (χ3n) is 4.54. The van der Waals surface area contributed by atoms with Crippen molar-refractivity contribution in [2.45, 2.75) is 19.6 Å². The van der Waals surface area contributed by atoms with E-state index in [9.17, 15) is 4.39 Å². The summed E-state index contributed by atoms with van der Waals surface area (Å²) in [5, 5.41) is 4.78. The van der Waals surface area contributed by atoms with Crippen molar-refractivity contribution in [3.63, 3.8) is 0 Å². The minimum atomic E-state index is -0.266. The standard InChI is InChI=1S/C17H24FN5OS/c1-13(20(2)3)16-19-22(12-21-8-10-24-11-9-21)17(25)23(16)15-6-4-14(18)5-7-15/h4-7,13H,8-12H2,1-3H3/t13-/m1/s1. The molecule has 0 saturated carbocycles. The second-order valence-corrected chi connectivity index (χ2v) is 6.83. The lowest BCUT2D eigenvalue weighted by Crippen LogP contribution is -2.37. The molecule has 1 aromatic heterocycles. The number of benzene rings is 1. The smallest absolute Gasteiger partial charge is 0.203 e. The van der Waals surface area contributed by atoms with Crippen LogP contribution in [0.2, 0.25) is 0 Å². The molecule has 1 aliphatic heterocycles. The van der Waals surface area contributed by atoms with E-state index in [2.05, 4.69) is 16.7 Å². The van der Waals surface area contributed by atoms with Gasteiger partial charge in [0.2, 0.25) is 4.77 Å². The van der Waals surface area contributed by atoms with Crippen molar-refractivity contribution in [3.05, 3.63) is 40.7 Å². The largest absolute Gasteiger partial charge is 0.379 e. The fraction of sp³-hybridized carbons (Fsp3) is 0.529. The monoisotopic (exact) mass is 365 g/mol. The first-order valence-corrected chi connectivity index (χ1v) is 8.80. The molecule has 2 heterocycles. The summed E-state index contributed by atoms with van der Waals surface area (Å²) in [6.07, 6.45) is 0. The normalized spacial score (nSPS) is 17.2. The molecule has 136 valence electrons. The van der Waals surface area contributed by atoms with E-state index in [4.69, 9.17) is 22.1 Å². The molecule has 8 heteroatoms. The summed E-state index contributed by atoms with van der Waals surface area (Å²) in [6, 6.07) is 6.43. The Morgan fingerprint density at radius 3 is 2.48 bits per heavy atom. The van der Waals surface area contributed by atoms with Gasteiger partial charge in [0.05, 0.1) is 25.9 Å². The van der Waals surface area contributed by atoms with Crippen LogP contribution in [-0.2, 0) is 11.4 Å². The van der Waals surface area contributed by atoms with Gasteiger partial charge in [-0.05, 0) is 57.5 Å². The molecule has 1 atom stereocenters. The average molecular weight is 365 g/mol. The number of hydrogen-bond acceptors (Lipinski definition) is 5. The molecule has 0 unspecified atom stereocenters. The van der Waals surface area contributed by atoms with Crippen LogP contribution in [0.5, 0.6) is 0 Å². The summed E-state index contributed by atoms with van der Waals surface area (Å²) < 4.78 is 23.1. The van der Waals surface area contributed by atoms with Gasteiger partial charge in [0.25, 0.3) is 0 Å². The highest BCUT2D eigenvalue weighted by Crippen LogP contribution is 2.21. The maximum Gasteiger partial charge on any atom is 0.203 e. The molecule has 0 aliphatic carbocycles. The van der Waals surface area contributed by atoms with Gasteiger partial charge in [-0.1, -0.05) is 0 Å². The van der Waals surface area contributed by atoms with Gasteiger partial charge < -0.3 is 4.74 Å². The maximum absolute atomic E-state index is 13.3. The van der Waals surface area contributed by atoms with Crippen LogP contribution in [-0.4, -0.2) is 64.5 Å². The lowest BCUT2D eigenvalue weighted by molar-refractivity contribution is 0.0208. The van der Waals surface area contributed by atoms with Crippen LogP contribution in [0, 0.1) is 10.6 Å². The zero-order valence-corrected chi connectivity index (χ0v) is 15.7. The SMILES string of the molecule is C[C@H](c1nn(CN2CCOCC2)c(=S)n1-c1ccc(F)cc1)N(C)C. The van der Waals surface area contributed by atoms with Gasteiger partial charge in [0, 0.05) is 18.8 Å². The van der Waals surface area contributed by atoms with Gasteiger partial charge in [-0.3, -0.25) is 14.4 Å². The van der Waals surface area contributed by atoms with Crippen LogP contribution in [0.4, 0.5) is 4.39 Å². The van der Waals surface area contributed by atoms with E-state index in [1.165, 1.54) is 12.1 Å². The topological polar surface area (TPSA) is 38.5 Å². The van der Waals surface area contributed by atoms with Crippen molar-refractivity contribution in [2.24, 2.45) is 0 Å². The highest BCUT2D eigenvalue weighted by atomic mass is 32.1. The Labute approximate surface area is 152 Å². The van der Waals surface area contributed by atoms with E-state index < -0.39 is 0 Å². The molecule has 6 nitrogen and oxygen atoms in total. The predicted molar refractivity (Wildman–Crippen MR) is 96.8 cm³/mol. The number of morpholine rings is 1. The quantitative estimate of drug-likeness (QED) is 0.761. The Kier molecular flexibility index (Phi) is 5.63. The minimum absolute atomic E-state index is 0.0673. The van der Waals surface area contributed by atoms with Gasteiger partial charge >= 0.3 is 0 Å². The number of ether oxygens (including phenoxy) is 1. The summed E-state index contributed by atoms with van der Waals surface area (Å²) in [4.78, 5) is 4.35. The van der Waals surface area contributed by atoms with E-state index >= 15 is 0 Å². The summed E-state index contributed by atoms with van der Waals surface area (Å²) in [5.41, 5.74) is 0.823. The summed E-state index contributed by atoms with van der Waals surface area (Å²) in [7, 11) is 4.01. The first-order chi connectivity index (χ1) is 12.0. The fourth-order valence-electron chi connectivity index (χ4n) is 2.78. The van der Waals surface area contributed by atoms with Crippen molar-refractivity contribution in [3.8, 4) is 5.69 Å². The van der Waals surface area contributed by atoms with Crippen molar-refractivity contribution in [1.82, 2.24) is 24.1 Å². The van der Waals surface area contributed by atoms with E-state index in [1.54, 1.807) is 12.1 Å². The number of nitrogens with zero attached hydrogens (tertiary/aromatic N) is 5. The zero-order chi connectivity index (χ0) is 18.0. The Hall–Kier alpha value is -1.61. The molecular formula is C17H24FN5OS. The van der Waals surface area contributed by atoms with Gasteiger partial charge in [-0.25, -0.2) is 9.07 Å². The molecule has 0 bridgehead atoms. The Bertz CT molecular complexity index is 764. The van der Waals surface area contributed by atoms with E-state index in [0.717, 1.165) is 37.8 Å². The van der Waals surface area contributed by atoms with Crippen LogP contribution in [0.1, 0.15) is 18.8 Å². The number of halogens is 1. The molecule has 1 fully saturated rings. The molecular weight excluding hydrogens is 341 g/mol. The molecule has 3 rings (SSSR count). The molecule has 1 aromatic carbocycles. The molecule has 25 heavy (non-hydrogen) atoms. The number of hydrogen-bond donors (Lipinski definition) is 0. The van der Waals surface area contributed by atoms with Crippen LogP contribution in [0.25, 0.3) is 5.69 Å². The van der Waals surface area contributed by atoms with Gasteiger partial charge in [-0.2, -0.15) is 5.10 Å². The highest BCUT2D eigenvalue weighted by molar-refractivity contribution is 7.71. The van der Waals surface area contributed by atoms with E-state index in [0.29, 0.717) is 11.4 Å². The third-order valence-corrected chi connectivity index (χ3v) is 4.93. The Balaban J connectivity index is 2.01. The van der Waals surface area contributed by atoms with Crippen LogP contribution < -0.4 is 0 Å². The number of aromatic nitrogens is 3. The predicted octanol–water partition coefficient (Wildman–Crippen LogP) is 2.45. The third kappa shape index (κ3) is 3.98. The molecule has 0 radical (unpaired) electrons. The summed E-state index contributed by atoms with van der Waals surface area (Å²) >= 11 is 5.70. The summed E-state index contributed by atoms with van der Waals surface area (Å²) in [5.74, 6) is 0.577. The molecule has 1 saturated heterocycles. The Morgan fingerprint density at radius 2 is 1.88 bits per heavy atom. The molecule has 0 amide bonds. The highest BCUT2D eigenvalue weighted by Gasteiger charge is 2.21. The lowest BCUT2D eigenvalue weighted by Gasteiger charge is -2.26. The van der Waals surface area contributed by atoms with Crippen LogP contribution in [0.15, 0.2) is 24.3 Å². The van der Waals surface area contributed by atoms with Gasteiger partial charge in [0.15, 0.2) is 5.82 Å².